The highest BCUT2D eigenvalue weighted by Crippen LogP contribution is 2.28. The Bertz CT molecular complexity index is 799. The van der Waals surface area contributed by atoms with E-state index in [1.807, 2.05) is 31.2 Å². The molecule has 4 heteroatoms. The molecule has 156 valence electrons. The quantitative estimate of drug-likeness (QED) is 0.202. The molecule has 0 aliphatic heterocycles. The van der Waals surface area contributed by atoms with Crippen molar-refractivity contribution >= 4 is 5.71 Å². The Labute approximate surface area is 175 Å². The summed E-state index contributed by atoms with van der Waals surface area (Å²) in [6.07, 6.45) is 6.77. The van der Waals surface area contributed by atoms with Gasteiger partial charge in [-0.05, 0) is 74.4 Å². The van der Waals surface area contributed by atoms with Gasteiger partial charge in [-0.2, -0.15) is 0 Å². The summed E-state index contributed by atoms with van der Waals surface area (Å²) in [6, 6.07) is 12.6. The normalized spacial score (nSPS) is 11.7. The van der Waals surface area contributed by atoms with Crippen LogP contribution in [-0.2, 0) is 11.3 Å². The maximum absolute atomic E-state index is 6.08. The Kier molecular flexibility index (Phi) is 9.29. The van der Waals surface area contributed by atoms with Gasteiger partial charge in [0, 0.05) is 0 Å². The highest BCUT2D eigenvalue weighted by molar-refractivity contribution is 6.00. The van der Waals surface area contributed by atoms with Gasteiger partial charge < -0.3 is 14.3 Å². The van der Waals surface area contributed by atoms with Gasteiger partial charge in [-0.3, -0.25) is 0 Å². The second kappa shape index (κ2) is 11.9. The minimum absolute atomic E-state index is 0.589. The summed E-state index contributed by atoms with van der Waals surface area (Å²) in [5, 5.41) is 4.08. The molecule has 0 aliphatic rings. The van der Waals surface area contributed by atoms with E-state index >= 15 is 0 Å². The van der Waals surface area contributed by atoms with E-state index in [0.29, 0.717) is 13.2 Å². The molecule has 0 amide bonds. The molecule has 29 heavy (non-hydrogen) atoms. The topological polar surface area (TPSA) is 40.0 Å². The molecule has 0 bridgehead atoms. The average Bonchev–Trinajstić information content (AvgIpc) is 2.71. The smallest absolute Gasteiger partial charge is 0.125 e. The molecule has 0 spiro atoms. The largest absolute Gasteiger partial charge is 0.493 e. The second-order valence-corrected chi connectivity index (χ2v) is 6.99. The van der Waals surface area contributed by atoms with E-state index in [1.165, 1.54) is 5.56 Å². The van der Waals surface area contributed by atoms with E-state index in [9.17, 15) is 0 Å². The Balaban J connectivity index is 1.86. The summed E-state index contributed by atoms with van der Waals surface area (Å²) < 4.78 is 11.8. The summed E-state index contributed by atoms with van der Waals surface area (Å²) in [6.45, 7) is 9.48. The number of hydrogen-bond donors (Lipinski definition) is 0. The third kappa shape index (κ3) is 6.97. The van der Waals surface area contributed by atoms with Gasteiger partial charge in [0.1, 0.15) is 25.2 Å². The maximum Gasteiger partial charge on any atom is 0.125 e. The minimum Gasteiger partial charge on any atom is -0.493 e. The van der Waals surface area contributed by atoms with Crippen molar-refractivity contribution in [3.8, 4) is 11.5 Å². The zero-order valence-corrected chi connectivity index (χ0v) is 18.3. The number of benzene rings is 2. The molecule has 2 aromatic rings. The van der Waals surface area contributed by atoms with Crippen LogP contribution in [-0.4, -0.2) is 26.0 Å². The fourth-order valence-corrected chi connectivity index (χ4v) is 3.21. The molecule has 0 saturated heterocycles. The third-order valence-electron chi connectivity index (χ3n) is 4.70. The van der Waals surface area contributed by atoms with Crippen molar-refractivity contribution in [3.63, 3.8) is 0 Å². The first-order valence-electron chi connectivity index (χ1n) is 10.3. The Morgan fingerprint density at radius 1 is 1.03 bits per heavy atom. The van der Waals surface area contributed by atoms with Crippen molar-refractivity contribution in [2.45, 2.75) is 47.0 Å². The zero-order chi connectivity index (χ0) is 21.1. The van der Waals surface area contributed by atoms with Crippen LogP contribution in [0.4, 0.5) is 0 Å². The molecule has 0 N–H and O–H groups in total. The number of ether oxygens (including phenoxy) is 2. The molecule has 4 nitrogen and oxygen atoms in total. The van der Waals surface area contributed by atoms with E-state index in [-0.39, 0.29) is 0 Å². The number of oxime groups is 1. The lowest BCUT2D eigenvalue weighted by molar-refractivity contribution is 0.213. The first kappa shape index (κ1) is 22.5. The molecule has 0 radical (unpaired) electrons. The van der Waals surface area contributed by atoms with Gasteiger partial charge in [0.2, 0.25) is 0 Å². The van der Waals surface area contributed by atoms with Crippen LogP contribution in [0.2, 0.25) is 0 Å². The number of hydrogen-bond acceptors (Lipinski definition) is 4. The van der Waals surface area contributed by atoms with E-state index in [2.05, 4.69) is 50.2 Å². The second-order valence-electron chi connectivity index (χ2n) is 6.99. The van der Waals surface area contributed by atoms with Crippen LogP contribution >= 0.6 is 0 Å². The zero-order valence-electron chi connectivity index (χ0n) is 18.3. The predicted octanol–water partition coefficient (Wildman–Crippen LogP) is 6.03. The van der Waals surface area contributed by atoms with Crippen molar-refractivity contribution < 1.29 is 14.3 Å². The molecular weight excluding hydrogens is 362 g/mol. The fraction of sp³-hybridized carbons (Fsp3) is 0.400. The van der Waals surface area contributed by atoms with Gasteiger partial charge in [0.15, 0.2) is 0 Å². The van der Waals surface area contributed by atoms with Crippen LogP contribution in [0.3, 0.4) is 0 Å². The van der Waals surface area contributed by atoms with Crippen molar-refractivity contribution in [2.24, 2.45) is 5.16 Å². The molecule has 0 fully saturated rings. The van der Waals surface area contributed by atoms with Crippen LogP contribution < -0.4 is 9.47 Å². The van der Waals surface area contributed by atoms with Crippen LogP contribution in [0.5, 0.6) is 11.5 Å². The highest BCUT2D eigenvalue weighted by atomic mass is 16.6. The van der Waals surface area contributed by atoms with Gasteiger partial charge in [-0.15, -0.1) is 0 Å². The molecule has 2 aromatic carbocycles. The van der Waals surface area contributed by atoms with Gasteiger partial charge in [0.05, 0.1) is 12.3 Å². The lowest BCUT2D eigenvalue weighted by Crippen LogP contribution is -2.04. The van der Waals surface area contributed by atoms with Gasteiger partial charge in [-0.25, -0.2) is 0 Å². The summed E-state index contributed by atoms with van der Waals surface area (Å²) in [4.78, 5) is 4.91. The van der Waals surface area contributed by atoms with E-state index in [1.54, 1.807) is 7.11 Å². The monoisotopic (exact) mass is 395 g/mol. The number of allylic oxidation sites excluding steroid dienone is 1. The maximum atomic E-state index is 6.08. The Morgan fingerprint density at radius 3 is 2.31 bits per heavy atom. The van der Waals surface area contributed by atoms with E-state index in [4.69, 9.17) is 14.3 Å². The summed E-state index contributed by atoms with van der Waals surface area (Å²) in [5.41, 5.74) is 5.58. The third-order valence-corrected chi connectivity index (χ3v) is 4.70. The first-order valence-corrected chi connectivity index (χ1v) is 10.3. The lowest BCUT2D eigenvalue weighted by atomic mass is 10.0. The molecule has 0 heterocycles. The van der Waals surface area contributed by atoms with Crippen molar-refractivity contribution in [2.75, 3.05) is 20.3 Å². The van der Waals surface area contributed by atoms with Gasteiger partial charge in [-0.1, -0.05) is 48.5 Å². The van der Waals surface area contributed by atoms with E-state index in [0.717, 1.165) is 53.2 Å². The standard InChI is InChI=1S/C25H33NO3/c1-6-8-15-28-23-17-19(3)25(20(4)18-23)29-16-9-10-21-11-13-22(14-12-21)24(7-2)26-27-5/h6,8,11-14,17-18H,7,9-10,15-16H2,1-5H3/b8-6+,26-24?. The highest BCUT2D eigenvalue weighted by Gasteiger charge is 2.08. The average molecular weight is 396 g/mol. The first-order chi connectivity index (χ1) is 14.1. The van der Waals surface area contributed by atoms with Crippen molar-refractivity contribution in [3.05, 3.63) is 70.8 Å². The van der Waals surface area contributed by atoms with Crippen molar-refractivity contribution in [1.29, 1.82) is 0 Å². The molecular formula is C25H33NO3. The van der Waals surface area contributed by atoms with Gasteiger partial charge >= 0.3 is 0 Å². The van der Waals surface area contributed by atoms with Crippen LogP contribution in [0.15, 0.2) is 53.7 Å². The van der Waals surface area contributed by atoms with Crippen LogP contribution in [0.1, 0.15) is 48.9 Å². The van der Waals surface area contributed by atoms with Gasteiger partial charge in [0.25, 0.3) is 0 Å². The molecule has 0 unspecified atom stereocenters. The predicted molar refractivity (Wildman–Crippen MR) is 120 cm³/mol. The lowest BCUT2D eigenvalue weighted by Gasteiger charge is -2.14. The summed E-state index contributed by atoms with van der Waals surface area (Å²) in [5.74, 6) is 1.84. The number of rotatable bonds is 11. The molecule has 2 rings (SSSR count). The van der Waals surface area contributed by atoms with Crippen molar-refractivity contribution in [1.82, 2.24) is 0 Å². The Morgan fingerprint density at radius 2 is 1.72 bits per heavy atom. The summed E-state index contributed by atoms with van der Waals surface area (Å²) >= 11 is 0. The molecule has 0 aromatic heterocycles. The van der Waals surface area contributed by atoms with Crippen LogP contribution in [0, 0.1) is 13.8 Å². The molecule has 0 atom stereocenters. The van der Waals surface area contributed by atoms with E-state index < -0.39 is 0 Å². The minimum atomic E-state index is 0.589. The molecule has 0 saturated carbocycles. The number of nitrogens with zero attached hydrogens (tertiary/aromatic N) is 1. The number of aryl methyl sites for hydroxylation is 3. The summed E-state index contributed by atoms with van der Waals surface area (Å²) in [7, 11) is 1.58. The molecule has 0 aliphatic carbocycles. The fourth-order valence-electron chi connectivity index (χ4n) is 3.21. The van der Waals surface area contributed by atoms with Crippen LogP contribution in [0.25, 0.3) is 0 Å². The SMILES string of the molecule is C/C=C/COc1cc(C)c(OCCCc2ccc(C(CC)=NOC)cc2)c(C)c1. The Hall–Kier alpha value is -2.75.